The molecule has 0 saturated heterocycles. The van der Waals surface area contributed by atoms with Crippen LogP contribution in [0, 0.1) is 12.8 Å². The van der Waals surface area contributed by atoms with Crippen molar-refractivity contribution in [1.82, 2.24) is 5.32 Å². The normalized spacial score (nSPS) is 14.7. The molecule has 1 aliphatic rings. The number of hydrogen-bond acceptors (Lipinski definition) is 2. The lowest BCUT2D eigenvalue weighted by Crippen LogP contribution is -2.31. The first-order valence-corrected chi connectivity index (χ1v) is 8.22. The molecule has 0 fully saturated rings. The molecule has 2 rings (SSSR count). The molecule has 0 saturated carbocycles. The number of hydrogen-bond donors (Lipinski definition) is 1. The van der Waals surface area contributed by atoms with Gasteiger partial charge >= 0.3 is 0 Å². The Balaban J connectivity index is 1.75. The van der Waals surface area contributed by atoms with Gasteiger partial charge in [0.15, 0.2) is 0 Å². The van der Waals surface area contributed by atoms with Gasteiger partial charge in [-0.05, 0) is 63.2 Å². The maximum absolute atomic E-state index is 3.53. The van der Waals surface area contributed by atoms with Crippen LogP contribution in [-0.4, -0.2) is 26.2 Å². The van der Waals surface area contributed by atoms with Gasteiger partial charge in [-0.2, -0.15) is 0 Å². The molecule has 1 aromatic rings. The smallest absolute Gasteiger partial charge is 0.0398 e. The van der Waals surface area contributed by atoms with Crippen molar-refractivity contribution in [3.8, 4) is 0 Å². The quantitative estimate of drug-likeness (QED) is 0.761. The van der Waals surface area contributed by atoms with E-state index in [2.05, 4.69) is 49.2 Å². The zero-order valence-corrected chi connectivity index (χ0v) is 13.4. The van der Waals surface area contributed by atoms with Crippen molar-refractivity contribution >= 4 is 5.69 Å². The molecule has 0 radical (unpaired) electrons. The van der Waals surface area contributed by atoms with E-state index in [4.69, 9.17) is 0 Å². The minimum Gasteiger partial charge on any atom is -0.371 e. The third kappa shape index (κ3) is 4.52. The standard InChI is InChI=1S/C18H30N2/c1-15(2)14-19-10-4-5-11-20-12-6-7-17-13-16(3)8-9-18(17)20/h8-9,13,15,19H,4-7,10-12,14H2,1-3H3. The summed E-state index contributed by atoms with van der Waals surface area (Å²) in [6, 6.07) is 6.94. The number of benzene rings is 1. The third-order valence-electron chi connectivity index (χ3n) is 4.03. The van der Waals surface area contributed by atoms with E-state index in [0.717, 1.165) is 19.0 Å². The lowest BCUT2D eigenvalue weighted by Gasteiger charge is -2.31. The van der Waals surface area contributed by atoms with Crippen molar-refractivity contribution < 1.29 is 0 Å². The third-order valence-corrected chi connectivity index (χ3v) is 4.03. The molecular formula is C18H30N2. The summed E-state index contributed by atoms with van der Waals surface area (Å²) in [5.74, 6) is 0.757. The van der Waals surface area contributed by atoms with Crippen molar-refractivity contribution in [2.75, 3.05) is 31.1 Å². The largest absolute Gasteiger partial charge is 0.371 e. The maximum atomic E-state index is 3.53. The average Bonchev–Trinajstić information content (AvgIpc) is 2.42. The number of nitrogens with one attached hydrogen (secondary N) is 1. The van der Waals surface area contributed by atoms with Gasteiger partial charge in [0, 0.05) is 18.8 Å². The van der Waals surface area contributed by atoms with E-state index in [1.165, 1.54) is 50.0 Å². The minimum atomic E-state index is 0.757. The Morgan fingerprint density at radius 2 is 2.10 bits per heavy atom. The van der Waals surface area contributed by atoms with Gasteiger partial charge in [-0.3, -0.25) is 0 Å². The van der Waals surface area contributed by atoms with Crippen molar-refractivity contribution in [2.45, 2.75) is 46.5 Å². The van der Waals surface area contributed by atoms with E-state index in [1.54, 1.807) is 5.56 Å². The first-order chi connectivity index (χ1) is 9.66. The highest BCUT2D eigenvalue weighted by atomic mass is 15.1. The Morgan fingerprint density at radius 1 is 1.25 bits per heavy atom. The van der Waals surface area contributed by atoms with Crippen molar-refractivity contribution in [1.29, 1.82) is 0 Å². The summed E-state index contributed by atoms with van der Waals surface area (Å²) in [5.41, 5.74) is 4.43. The number of fused-ring (bicyclic) bond motifs is 1. The molecule has 0 atom stereocenters. The molecule has 0 amide bonds. The summed E-state index contributed by atoms with van der Waals surface area (Å²) in [6.07, 6.45) is 5.13. The van der Waals surface area contributed by atoms with Gasteiger partial charge in [0.25, 0.3) is 0 Å². The van der Waals surface area contributed by atoms with Crippen LogP contribution in [0.5, 0.6) is 0 Å². The monoisotopic (exact) mass is 274 g/mol. The number of unbranched alkanes of at least 4 members (excludes halogenated alkanes) is 1. The molecule has 0 aromatic heterocycles. The van der Waals surface area contributed by atoms with Crippen LogP contribution < -0.4 is 10.2 Å². The average molecular weight is 274 g/mol. The second-order valence-corrected chi connectivity index (χ2v) is 6.53. The molecule has 0 spiro atoms. The summed E-state index contributed by atoms with van der Waals surface area (Å²) in [4.78, 5) is 2.58. The number of anilines is 1. The molecular weight excluding hydrogens is 244 g/mol. The molecule has 112 valence electrons. The number of rotatable bonds is 7. The molecule has 2 heteroatoms. The van der Waals surface area contributed by atoms with Crippen LogP contribution >= 0.6 is 0 Å². The second-order valence-electron chi connectivity index (χ2n) is 6.53. The van der Waals surface area contributed by atoms with Crippen molar-refractivity contribution in [3.63, 3.8) is 0 Å². The van der Waals surface area contributed by atoms with E-state index in [9.17, 15) is 0 Å². The van der Waals surface area contributed by atoms with Gasteiger partial charge in [0.2, 0.25) is 0 Å². The Labute approximate surface area is 124 Å². The highest BCUT2D eigenvalue weighted by Crippen LogP contribution is 2.28. The fraction of sp³-hybridized carbons (Fsp3) is 0.667. The SMILES string of the molecule is Cc1ccc2c(c1)CCCN2CCCCNCC(C)C. The number of aryl methyl sites for hydroxylation is 2. The van der Waals surface area contributed by atoms with Crippen molar-refractivity contribution in [3.05, 3.63) is 29.3 Å². The van der Waals surface area contributed by atoms with Gasteiger partial charge in [-0.1, -0.05) is 31.5 Å². The highest BCUT2D eigenvalue weighted by molar-refractivity contribution is 5.56. The fourth-order valence-corrected chi connectivity index (χ4v) is 2.98. The van der Waals surface area contributed by atoms with Crippen LogP contribution in [0.15, 0.2) is 18.2 Å². The van der Waals surface area contributed by atoms with E-state index >= 15 is 0 Å². The maximum Gasteiger partial charge on any atom is 0.0398 e. The molecule has 1 N–H and O–H groups in total. The summed E-state index contributed by atoms with van der Waals surface area (Å²) in [6.45, 7) is 11.5. The Hall–Kier alpha value is -1.02. The topological polar surface area (TPSA) is 15.3 Å². The highest BCUT2D eigenvalue weighted by Gasteiger charge is 2.15. The van der Waals surface area contributed by atoms with Gasteiger partial charge in [-0.25, -0.2) is 0 Å². The Bertz CT molecular complexity index is 412. The zero-order chi connectivity index (χ0) is 14.4. The van der Waals surface area contributed by atoms with Crippen molar-refractivity contribution in [2.24, 2.45) is 5.92 Å². The predicted octanol–water partition coefficient (Wildman–Crippen LogP) is 3.77. The molecule has 0 unspecified atom stereocenters. The van der Waals surface area contributed by atoms with Crippen LogP contribution in [0.2, 0.25) is 0 Å². The molecule has 0 aliphatic carbocycles. The van der Waals surface area contributed by atoms with Crippen LogP contribution in [0.1, 0.15) is 44.2 Å². The Kier molecular flexibility index (Phi) is 5.90. The lowest BCUT2D eigenvalue weighted by atomic mass is 9.99. The zero-order valence-electron chi connectivity index (χ0n) is 13.4. The van der Waals surface area contributed by atoms with E-state index in [1.807, 2.05) is 0 Å². The van der Waals surface area contributed by atoms with Crippen LogP contribution in [0.3, 0.4) is 0 Å². The minimum absolute atomic E-state index is 0.757. The Morgan fingerprint density at radius 3 is 2.90 bits per heavy atom. The summed E-state index contributed by atoms with van der Waals surface area (Å²) >= 11 is 0. The van der Waals surface area contributed by atoms with Gasteiger partial charge < -0.3 is 10.2 Å². The molecule has 20 heavy (non-hydrogen) atoms. The molecule has 1 heterocycles. The van der Waals surface area contributed by atoms with Crippen LogP contribution in [0.4, 0.5) is 5.69 Å². The number of nitrogens with zero attached hydrogens (tertiary/aromatic N) is 1. The van der Waals surface area contributed by atoms with Crippen LogP contribution in [0.25, 0.3) is 0 Å². The molecule has 0 bridgehead atoms. The molecule has 2 nitrogen and oxygen atoms in total. The summed E-state index contributed by atoms with van der Waals surface area (Å²) in [7, 11) is 0. The van der Waals surface area contributed by atoms with Gasteiger partial charge in [0.1, 0.15) is 0 Å². The predicted molar refractivity (Wildman–Crippen MR) is 88.7 cm³/mol. The molecule has 1 aromatic carbocycles. The van der Waals surface area contributed by atoms with E-state index in [-0.39, 0.29) is 0 Å². The lowest BCUT2D eigenvalue weighted by molar-refractivity contribution is 0.532. The van der Waals surface area contributed by atoms with Crippen LogP contribution in [-0.2, 0) is 6.42 Å². The van der Waals surface area contributed by atoms with E-state index in [0.29, 0.717) is 0 Å². The van der Waals surface area contributed by atoms with Gasteiger partial charge in [0.05, 0.1) is 0 Å². The summed E-state index contributed by atoms with van der Waals surface area (Å²) in [5, 5.41) is 3.53. The van der Waals surface area contributed by atoms with E-state index < -0.39 is 0 Å². The fourth-order valence-electron chi connectivity index (χ4n) is 2.98. The second kappa shape index (κ2) is 7.68. The first kappa shape index (κ1) is 15.4. The molecule has 1 aliphatic heterocycles. The first-order valence-electron chi connectivity index (χ1n) is 8.22. The summed E-state index contributed by atoms with van der Waals surface area (Å²) < 4.78 is 0. The van der Waals surface area contributed by atoms with Gasteiger partial charge in [-0.15, -0.1) is 0 Å².